The van der Waals surface area contributed by atoms with Crippen LogP contribution >= 0.6 is 34.8 Å². The van der Waals surface area contributed by atoms with Crippen molar-refractivity contribution >= 4 is 44.8 Å². The van der Waals surface area contributed by atoms with E-state index in [1.165, 1.54) is 12.2 Å². The van der Waals surface area contributed by atoms with E-state index in [-0.39, 0.29) is 33.1 Å². The predicted molar refractivity (Wildman–Crippen MR) is 76.0 cm³/mol. The van der Waals surface area contributed by atoms with Gasteiger partial charge in [0.15, 0.2) is 5.75 Å². The zero-order valence-electron chi connectivity index (χ0n) is 9.72. The Bertz CT molecular complexity index is 733. The molecule has 1 aromatic rings. The molecule has 1 unspecified atom stereocenters. The molecule has 1 aliphatic rings. The number of hydrogen-bond donors (Lipinski definition) is 2. The quantitative estimate of drug-likeness (QED) is 0.622. The number of alkyl halides is 1. The van der Waals surface area contributed by atoms with Crippen LogP contribution < -0.4 is 5.14 Å². The minimum Gasteiger partial charge on any atom is -0.504 e. The van der Waals surface area contributed by atoms with E-state index >= 15 is 0 Å². The number of nitrogens with two attached hydrogens (primary N) is 1. The first-order valence-corrected chi connectivity index (χ1v) is 7.83. The van der Waals surface area contributed by atoms with Gasteiger partial charge >= 0.3 is 0 Å². The summed E-state index contributed by atoms with van der Waals surface area (Å²) in [6.07, 6.45) is 3.32. The molecule has 1 aliphatic carbocycles. The molecule has 0 bridgehead atoms. The zero-order valence-corrected chi connectivity index (χ0v) is 12.8. The fraction of sp³-hybridized carbons (Fsp3) is 0.200. The van der Waals surface area contributed by atoms with E-state index in [0.29, 0.717) is 0 Å². The molecule has 1 heterocycles. The Morgan fingerprint density at radius 3 is 2.60 bits per heavy atom. The highest BCUT2D eigenvalue weighted by molar-refractivity contribution is 7.93. The summed E-state index contributed by atoms with van der Waals surface area (Å²) in [7, 11) is -3.94. The maximum atomic E-state index is 11.4. The van der Waals surface area contributed by atoms with Crippen LogP contribution in [-0.4, -0.2) is 23.5 Å². The highest BCUT2D eigenvalue weighted by Crippen LogP contribution is 2.48. The number of primary sulfonamides is 1. The Kier molecular flexibility index (Phi) is 4.01. The highest BCUT2D eigenvalue weighted by atomic mass is 35.5. The fourth-order valence-corrected chi connectivity index (χ4v) is 3.17. The summed E-state index contributed by atoms with van der Waals surface area (Å²) in [4.78, 5) is 5.70. The van der Waals surface area contributed by atoms with Gasteiger partial charge in [0.05, 0.1) is 11.1 Å². The summed E-state index contributed by atoms with van der Waals surface area (Å²) < 4.78 is 22.8. The largest absolute Gasteiger partial charge is 0.504 e. The van der Waals surface area contributed by atoms with Crippen LogP contribution in [0.2, 0.25) is 5.28 Å². The molecule has 108 valence electrons. The van der Waals surface area contributed by atoms with Crippen molar-refractivity contribution in [2.75, 3.05) is 0 Å². The van der Waals surface area contributed by atoms with Crippen LogP contribution in [0.1, 0.15) is 12.1 Å². The molecule has 0 saturated carbocycles. The van der Waals surface area contributed by atoms with Crippen molar-refractivity contribution in [2.45, 2.75) is 11.3 Å². The third-order valence-corrected chi connectivity index (χ3v) is 4.95. The van der Waals surface area contributed by atoms with Gasteiger partial charge in [-0.15, -0.1) is 11.6 Å². The lowest BCUT2D eigenvalue weighted by Gasteiger charge is -2.29. The van der Waals surface area contributed by atoms with Gasteiger partial charge in [-0.2, -0.15) is 0 Å². The molecular weight excluding hydrogens is 349 g/mol. The number of aromatic nitrogens is 2. The van der Waals surface area contributed by atoms with Crippen LogP contribution in [0.4, 0.5) is 0 Å². The van der Waals surface area contributed by atoms with E-state index < -0.39 is 14.9 Å². The summed E-state index contributed by atoms with van der Waals surface area (Å²) in [5.41, 5.74) is -0.0883. The van der Waals surface area contributed by atoms with Gasteiger partial charge in [0.2, 0.25) is 15.3 Å². The van der Waals surface area contributed by atoms with Crippen LogP contribution in [-0.2, 0) is 14.9 Å². The smallest absolute Gasteiger partial charge is 0.234 e. The van der Waals surface area contributed by atoms with Gasteiger partial charge in [0.25, 0.3) is 0 Å². The van der Waals surface area contributed by atoms with Crippen LogP contribution in [0.3, 0.4) is 0 Å². The maximum absolute atomic E-state index is 11.4. The molecular formula is C10H8Cl3N3O3S. The van der Waals surface area contributed by atoms with E-state index in [1.54, 1.807) is 0 Å². The molecule has 3 N–H and O–H groups in total. The number of rotatable bonds is 2. The Morgan fingerprint density at radius 2 is 2.00 bits per heavy atom. The Balaban J connectivity index is 2.59. The van der Waals surface area contributed by atoms with Crippen molar-refractivity contribution in [3.63, 3.8) is 0 Å². The minimum atomic E-state index is -3.94. The van der Waals surface area contributed by atoms with Gasteiger partial charge < -0.3 is 5.11 Å². The monoisotopic (exact) mass is 355 g/mol. The van der Waals surface area contributed by atoms with E-state index in [2.05, 4.69) is 9.97 Å². The van der Waals surface area contributed by atoms with Crippen molar-refractivity contribution < 1.29 is 13.5 Å². The molecule has 0 aromatic carbocycles. The van der Waals surface area contributed by atoms with Gasteiger partial charge in [-0.1, -0.05) is 11.6 Å². The number of aromatic hydroxyl groups is 1. The fourth-order valence-electron chi connectivity index (χ4n) is 1.72. The molecule has 2 rings (SSSR count). The first-order chi connectivity index (χ1) is 9.14. The van der Waals surface area contributed by atoms with Crippen LogP contribution in [0.5, 0.6) is 5.75 Å². The normalized spacial score (nSPS) is 23.2. The average Bonchev–Trinajstić information content (AvgIpc) is 2.34. The van der Waals surface area contributed by atoms with Crippen molar-refractivity contribution in [3.8, 4) is 5.75 Å². The summed E-state index contributed by atoms with van der Waals surface area (Å²) in [6, 6.07) is 0. The summed E-state index contributed by atoms with van der Waals surface area (Å²) in [5, 5.41) is 14.8. The lowest BCUT2D eigenvalue weighted by atomic mass is 9.94. The number of nitrogens with zero attached hydrogens (tertiary/aromatic N) is 2. The second-order valence-electron chi connectivity index (χ2n) is 4.04. The first kappa shape index (κ1) is 15.5. The minimum absolute atomic E-state index is 0.0802. The van der Waals surface area contributed by atoms with Crippen molar-refractivity contribution in [1.29, 1.82) is 0 Å². The summed E-state index contributed by atoms with van der Waals surface area (Å²) >= 11 is 18.1. The molecule has 10 heteroatoms. The molecule has 0 radical (unpaired) electrons. The number of sulfonamides is 1. The van der Waals surface area contributed by atoms with Crippen molar-refractivity contribution in [3.05, 3.63) is 39.3 Å². The molecule has 0 aliphatic heterocycles. The maximum Gasteiger partial charge on any atom is 0.234 e. The molecule has 1 aromatic heterocycles. The van der Waals surface area contributed by atoms with Gasteiger partial charge in [0.1, 0.15) is 10.6 Å². The second kappa shape index (κ2) is 5.16. The average molecular weight is 357 g/mol. The van der Waals surface area contributed by atoms with Gasteiger partial charge in [-0.05, 0) is 23.8 Å². The topological polar surface area (TPSA) is 106 Å². The van der Waals surface area contributed by atoms with Crippen molar-refractivity contribution in [2.24, 2.45) is 5.14 Å². The van der Waals surface area contributed by atoms with E-state index in [4.69, 9.17) is 39.9 Å². The molecule has 0 fully saturated rings. The second-order valence-corrected chi connectivity index (χ2v) is 7.05. The molecule has 20 heavy (non-hydrogen) atoms. The highest BCUT2D eigenvalue weighted by Gasteiger charge is 2.42. The molecule has 0 spiro atoms. The number of halogens is 3. The molecule has 0 saturated heterocycles. The van der Waals surface area contributed by atoms with Gasteiger partial charge in [-0.3, -0.25) is 0 Å². The lowest BCUT2D eigenvalue weighted by Crippen LogP contribution is -2.28. The number of hydrogen-bond acceptors (Lipinski definition) is 5. The summed E-state index contributed by atoms with van der Waals surface area (Å²) in [5.74, 6) is -0.355. The first-order valence-electron chi connectivity index (χ1n) is 5.15. The third-order valence-electron chi connectivity index (χ3n) is 2.69. The van der Waals surface area contributed by atoms with Crippen LogP contribution in [0, 0.1) is 0 Å². The molecule has 0 amide bonds. The van der Waals surface area contributed by atoms with E-state index in [1.807, 2.05) is 0 Å². The molecule has 6 nitrogen and oxygen atoms in total. The SMILES string of the molecule is NS(=O)(=O)C1=CC=C(Cl)C(Cl)(c2nc(Cl)ncc2O)C1. The zero-order chi connectivity index (χ0) is 15.1. The van der Waals surface area contributed by atoms with Crippen LogP contribution in [0.15, 0.2) is 28.3 Å². The van der Waals surface area contributed by atoms with Gasteiger partial charge in [-0.25, -0.2) is 23.5 Å². The van der Waals surface area contributed by atoms with E-state index in [0.717, 1.165) is 6.20 Å². The van der Waals surface area contributed by atoms with Crippen molar-refractivity contribution in [1.82, 2.24) is 9.97 Å². The Morgan fingerprint density at radius 1 is 1.35 bits per heavy atom. The standard InChI is InChI=1S/C10H8Cl3N3O3S/c11-7-2-1-5(20(14,18)19)3-10(7,13)8-6(17)4-15-9(12)16-8/h1-2,4,17H,3H2,(H2,14,18,19). The third kappa shape index (κ3) is 2.77. The summed E-state index contributed by atoms with van der Waals surface area (Å²) in [6.45, 7) is 0. The van der Waals surface area contributed by atoms with E-state index in [9.17, 15) is 13.5 Å². The Hall–Kier alpha value is -0.860. The number of allylic oxidation sites excluding steroid dienone is 4. The Labute approximate surface area is 129 Å². The van der Waals surface area contributed by atoms with Gasteiger partial charge in [0, 0.05) is 11.5 Å². The molecule has 1 atom stereocenters. The predicted octanol–water partition coefficient (Wildman–Crippen LogP) is 1.97. The van der Waals surface area contributed by atoms with Crippen LogP contribution in [0.25, 0.3) is 0 Å². The lowest BCUT2D eigenvalue weighted by molar-refractivity contribution is 0.451.